The van der Waals surface area contributed by atoms with Gasteiger partial charge >= 0.3 is 5.97 Å². The van der Waals surface area contributed by atoms with E-state index in [0.29, 0.717) is 12.2 Å². The lowest BCUT2D eigenvalue weighted by Crippen LogP contribution is -2.06. The van der Waals surface area contributed by atoms with Crippen molar-refractivity contribution in [2.75, 3.05) is 6.61 Å². The van der Waals surface area contributed by atoms with E-state index in [-0.39, 0.29) is 5.82 Å². The number of terminal acetylenes is 1. The van der Waals surface area contributed by atoms with Gasteiger partial charge in [-0.15, -0.1) is 6.42 Å². The highest BCUT2D eigenvalue weighted by atomic mass is 16.5. The maximum atomic E-state index is 11.1. The van der Waals surface area contributed by atoms with Crippen LogP contribution in [-0.2, 0) is 4.74 Å². The summed E-state index contributed by atoms with van der Waals surface area (Å²) in [5.74, 6) is 2.07. The summed E-state index contributed by atoms with van der Waals surface area (Å²) >= 11 is 0. The topological polar surface area (TPSA) is 52.1 Å². The van der Waals surface area contributed by atoms with Gasteiger partial charge < -0.3 is 4.74 Å². The minimum Gasteiger partial charge on any atom is -0.462 e. The largest absolute Gasteiger partial charge is 0.462 e. The summed E-state index contributed by atoms with van der Waals surface area (Å²) in [5, 5.41) is 0. The third kappa shape index (κ3) is 2.27. The van der Waals surface area contributed by atoms with Crippen molar-refractivity contribution in [1.82, 2.24) is 9.97 Å². The summed E-state index contributed by atoms with van der Waals surface area (Å²) in [6.07, 6.45) is 7.74. The van der Waals surface area contributed by atoms with Crippen LogP contribution in [0, 0.1) is 12.3 Å². The molecule has 0 fully saturated rings. The first-order valence-electron chi connectivity index (χ1n) is 3.73. The van der Waals surface area contributed by atoms with E-state index in [1.165, 1.54) is 12.4 Å². The summed E-state index contributed by atoms with van der Waals surface area (Å²) < 4.78 is 4.73. The summed E-state index contributed by atoms with van der Waals surface area (Å²) in [6, 6.07) is 0. The van der Waals surface area contributed by atoms with Crippen molar-refractivity contribution in [1.29, 1.82) is 0 Å². The van der Waals surface area contributed by atoms with E-state index in [2.05, 4.69) is 15.9 Å². The highest BCUT2D eigenvalue weighted by Crippen LogP contribution is 1.97. The van der Waals surface area contributed by atoms with Crippen LogP contribution in [0.25, 0.3) is 0 Å². The SMILES string of the molecule is C#Cc1ncc(C(=O)OCC)cn1. The summed E-state index contributed by atoms with van der Waals surface area (Å²) in [4.78, 5) is 18.6. The van der Waals surface area contributed by atoms with E-state index in [0.717, 1.165) is 0 Å². The predicted octanol–water partition coefficient (Wildman–Crippen LogP) is 0.635. The molecule has 0 atom stereocenters. The second kappa shape index (κ2) is 4.21. The quantitative estimate of drug-likeness (QED) is 0.490. The molecule has 0 N–H and O–H groups in total. The van der Waals surface area contributed by atoms with E-state index in [1.807, 2.05) is 0 Å². The van der Waals surface area contributed by atoms with Crippen LogP contribution >= 0.6 is 0 Å². The monoisotopic (exact) mass is 176 g/mol. The van der Waals surface area contributed by atoms with E-state index in [9.17, 15) is 4.79 Å². The Hall–Kier alpha value is -1.89. The molecule has 66 valence electrons. The summed E-state index contributed by atoms with van der Waals surface area (Å²) in [7, 11) is 0. The highest BCUT2D eigenvalue weighted by molar-refractivity contribution is 5.88. The molecule has 0 saturated carbocycles. The maximum absolute atomic E-state index is 11.1. The second-order valence-electron chi connectivity index (χ2n) is 2.16. The van der Waals surface area contributed by atoms with Crippen LogP contribution in [0.3, 0.4) is 0 Å². The average Bonchev–Trinajstić information content (AvgIpc) is 2.18. The van der Waals surface area contributed by atoms with Gasteiger partial charge in [0.1, 0.15) is 0 Å². The summed E-state index contributed by atoms with van der Waals surface area (Å²) in [6.45, 7) is 2.06. The van der Waals surface area contributed by atoms with Crippen molar-refractivity contribution in [2.24, 2.45) is 0 Å². The first-order chi connectivity index (χ1) is 6.27. The van der Waals surface area contributed by atoms with E-state index >= 15 is 0 Å². The van der Waals surface area contributed by atoms with Gasteiger partial charge in [-0.2, -0.15) is 0 Å². The van der Waals surface area contributed by atoms with Crippen molar-refractivity contribution in [2.45, 2.75) is 6.92 Å². The van der Waals surface area contributed by atoms with Gasteiger partial charge in [0.15, 0.2) is 0 Å². The normalized spacial score (nSPS) is 8.92. The predicted molar refractivity (Wildman–Crippen MR) is 45.9 cm³/mol. The van der Waals surface area contributed by atoms with Crippen molar-refractivity contribution in [3.8, 4) is 12.3 Å². The number of hydrogen-bond acceptors (Lipinski definition) is 4. The second-order valence-corrected chi connectivity index (χ2v) is 2.16. The molecule has 1 aromatic heterocycles. The average molecular weight is 176 g/mol. The molecule has 0 saturated heterocycles. The third-order valence-corrected chi connectivity index (χ3v) is 1.29. The molecule has 0 spiro atoms. The number of carbonyl (C=O) groups is 1. The minimum absolute atomic E-state index is 0.257. The molecule has 0 radical (unpaired) electrons. The number of rotatable bonds is 2. The Morgan fingerprint density at radius 1 is 1.62 bits per heavy atom. The Kier molecular flexibility index (Phi) is 2.98. The van der Waals surface area contributed by atoms with Gasteiger partial charge in [0.05, 0.1) is 12.2 Å². The zero-order valence-corrected chi connectivity index (χ0v) is 7.15. The van der Waals surface area contributed by atoms with Crippen molar-refractivity contribution in [3.05, 3.63) is 23.8 Å². The van der Waals surface area contributed by atoms with Crippen molar-refractivity contribution >= 4 is 5.97 Å². The number of aromatic nitrogens is 2. The number of esters is 1. The fourth-order valence-electron chi connectivity index (χ4n) is 0.722. The van der Waals surface area contributed by atoms with Gasteiger partial charge in [0, 0.05) is 12.4 Å². The summed E-state index contributed by atoms with van der Waals surface area (Å²) in [5.41, 5.74) is 0.306. The first kappa shape index (κ1) is 9.20. The molecule has 1 aromatic rings. The Morgan fingerprint density at radius 3 is 2.69 bits per heavy atom. The smallest absolute Gasteiger partial charge is 0.341 e. The van der Waals surface area contributed by atoms with Gasteiger partial charge in [0.2, 0.25) is 5.82 Å². The number of hydrogen-bond donors (Lipinski definition) is 0. The first-order valence-corrected chi connectivity index (χ1v) is 3.73. The van der Waals surface area contributed by atoms with Crippen molar-refractivity contribution in [3.63, 3.8) is 0 Å². The van der Waals surface area contributed by atoms with E-state index in [4.69, 9.17) is 11.2 Å². The van der Waals surface area contributed by atoms with E-state index < -0.39 is 5.97 Å². The van der Waals surface area contributed by atoms with Crippen LogP contribution < -0.4 is 0 Å². The molecule has 0 aliphatic heterocycles. The van der Waals surface area contributed by atoms with Crippen LogP contribution in [0.2, 0.25) is 0 Å². The van der Waals surface area contributed by atoms with Crippen LogP contribution in [0.15, 0.2) is 12.4 Å². The van der Waals surface area contributed by atoms with Crippen molar-refractivity contribution < 1.29 is 9.53 Å². The van der Waals surface area contributed by atoms with Crippen LogP contribution in [0.1, 0.15) is 23.1 Å². The van der Waals surface area contributed by atoms with Crippen LogP contribution in [0.4, 0.5) is 0 Å². The molecule has 0 aliphatic rings. The molecule has 0 amide bonds. The Morgan fingerprint density at radius 2 is 2.23 bits per heavy atom. The van der Waals surface area contributed by atoms with Gasteiger partial charge in [0.25, 0.3) is 0 Å². The van der Waals surface area contributed by atoms with Gasteiger partial charge in [-0.25, -0.2) is 14.8 Å². The number of ether oxygens (including phenoxy) is 1. The van der Waals surface area contributed by atoms with Gasteiger partial charge in [-0.05, 0) is 12.8 Å². The fourth-order valence-corrected chi connectivity index (χ4v) is 0.722. The van der Waals surface area contributed by atoms with Gasteiger partial charge in [-0.1, -0.05) is 0 Å². The molecule has 4 nitrogen and oxygen atoms in total. The zero-order chi connectivity index (χ0) is 9.68. The molecule has 4 heteroatoms. The number of carbonyl (C=O) groups excluding carboxylic acids is 1. The molecule has 0 bridgehead atoms. The van der Waals surface area contributed by atoms with Crippen LogP contribution in [0.5, 0.6) is 0 Å². The Bertz CT molecular complexity index is 338. The molecule has 1 heterocycles. The lowest BCUT2D eigenvalue weighted by Gasteiger charge is -1.99. The molecule has 0 aromatic carbocycles. The molecule has 1 rings (SSSR count). The lowest BCUT2D eigenvalue weighted by atomic mass is 10.3. The molecule has 0 aliphatic carbocycles. The fraction of sp³-hybridized carbons (Fsp3) is 0.222. The number of nitrogens with zero attached hydrogens (tertiary/aromatic N) is 2. The zero-order valence-electron chi connectivity index (χ0n) is 7.15. The van der Waals surface area contributed by atoms with Gasteiger partial charge in [-0.3, -0.25) is 0 Å². The molecular weight excluding hydrogens is 168 g/mol. The van der Waals surface area contributed by atoms with Crippen LogP contribution in [-0.4, -0.2) is 22.5 Å². The Labute approximate surface area is 76.0 Å². The minimum atomic E-state index is -0.439. The standard InChI is InChI=1S/C9H8N2O2/c1-3-8-10-5-7(6-11-8)9(12)13-4-2/h1,5-6H,4H2,2H3. The lowest BCUT2D eigenvalue weighted by molar-refractivity contribution is 0.0525. The molecule has 0 unspecified atom stereocenters. The third-order valence-electron chi connectivity index (χ3n) is 1.29. The molecular formula is C9H8N2O2. The molecule has 13 heavy (non-hydrogen) atoms. The van der Waals surface area contributed by atoms with E-state index in [1.54, 1.807) is 6.92 Å². The Balaban J connectivity index is 2.81. The highest BCUT2D eigenvalue weighted by Gasteiger charge is 2.06. The maximum Gasteiger partial charge on any atom is 0.341 e.